The molecule has 0 saturated carbocycles. The lowest BCUT2D eigenvalue weighted by Gasteiger charge is -2.02. The molecule has 1 rings (SSSR count). The maximum atomic E-state index is 11.1. The fourth-order valence-electron chi connectivity index (χ4n) is 1.05. The minimum Gasteiger partial charge on any atom is -0.277 e. The summed E-state index contributed by atoms with van der Waals surface area (Å²) in [7, 11) is 0. The van der Waals surface area contributed by atoms with Crippen LogP contribution in [-0.2, 0) is 16.0 Å². The summed E-state index contributed by atoms with van der Waals surface area (Å²) in [4.78, 5) is 21.0. The quantitative estimate of drug-likeness (QED) is 0.533. The first-order chi connectivity index (χ1) is 6.72. The maximum Gasteiger partial charge on any atom is 0.242 e. The minimum absolute atomic E-state index is 0.235. The van der Waals surface area contributed by atoms with E-state index in [1.165, 1.54) is 0 Å². The molecular weight excluding hydrogens is 180 g/mol. The van der Waals surface area contributed by atoms with E-state index < -0.39 is 0 Å². The van der Waals surface area contributed by atoms with Crippen molar-refractivity contribution in [3.63, 3.8) is 0 Å². The molecule has 0 atom stereocenters. The predicted octanol–water partition coefficient (Wildman–Crippen LogP) is 0.315. The average Bonchev–Trinajstić information content (AvgIpc) is 2.18. The Morgan fingerprint density at radius 1 is 1.36 bits per heavy atom. The van der Waals surface area contributed by atoms with Crippen molar-refractivity contribution in [3.05, 3.63) is 35.4 Å². The van der Waals surface area contributed by atoms with Gasteiger partial charge in [-0.1, -0.05) is 29.8 Å². The lowest BCUT2D eigenvalue weighted by Crippen LogP contribution is -2.37. The molecule has 0 spiro atoms. The van der Waals surface area contributed by atoms with E-state index in [0.717, 1.165) is 11.1 Å². The van der Waals surface area contributed by atoms with Crippen molar-refractivity contribution < 1.29 is 9.59 Å². The lowest BCUT2D eigenvalue weighted by atomic mass is 10.1. The first-order valence-corrected chi connectivity index (χ1v) is 4.26. The van der Waals surface area contributed by atoms with Crippen molar-refractivity contribution in [2.24, 2.45) is 0 Å². The molecule has 4 heteroatoms. The van der Waals surface area contributed by atoms with E-state index in [1.54, 1.807) is 0 Å². The molecule has 0 bridgehead atoms. The van der Waals surface area contributed by atoms with Crippen molar-refractivity contribution in [2.45, 2.75) is 13.3 Å². The second-order valence-electron chi connectivity index (χ2n) is 2.97. The van der Waals surface area contributed by atoms with Gasteiger partial charge in [0.15, 0.2) is 0 Å². The minimum atomic E-state index is -0.235. The molecule has 0 saturated heterocycles. The van der Waals surface area contributed by atoms with Crippen molar-refractivity contribution in [1.29, 1.82) is 0 Å². The van der Waals surface area contributed by atoms with Crippen LogP contribution in [-0.4, -0.2) is 12.3 Å². The highest BCUT2D eigenvalue weighted by molar-refractivity contribution is 5.79. The molecule has 4 nitrogen and oxygen atoms in total. The van der Waals surface area contributed by atoms with Crippen molar-refractivity contribution in [1.82, 2.24) is 10.9 Å². The van der Waals surface area contributed by atoms with E-state index in [0.29, 0.717) is 6.41 Å². The molecule has 2 amide bonds. The first kappa shape index (κ1) is 10.2. The molecule has 1 aromatic carbocycles. The van der Waals surface area contributed by atoms with Gasteiger partial charge in [-0.2, -0.15) is 0 Å². The standard InChI is InChI=1S/C10H12N2O2/c1-8-2-4-9(5-3-8)6-10(14)12-11-7-13/h2-5,7H,6H2,1H3,(H,11,13)(H,12,14). The van der Waals surface area contributed by atoms with Crippen LogP contribution >= 0.6 is 0 Å². The molecule has 0 unspecified atom stereocenters. The summed E-state index contributed by atoms with van der Waals surface area (Å²) in [6, 6.07) is 7.65. The van der Waals surface area contributed by atoms with Crippen LogP contribution in [0.15, 0.2) is 24.3 Å². The van der Waals surface area contributed by atoms with Gasteiger partial charge in [0, 0.05) is 0 Å². The number of benzene rings is 1. The molecule has 0 aliphatic heterocycles. The van der Waals surface area contributed by atoms with Crippen LogP contribution in [0.3, 0.4) is 0 Å². The number of hydrogen-bond donors (Lipinski definition) is 2. The zero-order chi connectivity index (χ0) is 10.4. The summed E-state index contributed by atoms with van der Waals surface area (Å²) in [5, 5.41) is 0. The van der Waals surface area contributed by atoms with E-state index in [4.69, 9.17) is 0 Å². The van der Waals surface area contributed by atoms with Crippen molar-refractivity contribution in [2.75, 3.05) is 0 Å². The van der Waals surface area contributed by atoms with Crippen LogP contribution in [0.5, 0.6) is 0 Å². The van der Waals surface area contributed by atoms with Crippen LogP contribution in [0, 0.1) is 6.92 Å². The summed E-state index contributed by atoms with van der Waals surface area (Å²) in [5.74, 6) is -0.235. The van der Waals surface area contributed by atoms with Gasteiger partial charge in [-0.05, 0) is 12.5 Å². The fourth-order valence-corrected chi connectivity index (χ4v) is 1.05. The normalized spacial score (nSPS) is 9.21. The van der Waals surface area contributed by atoms with E-state index in [9.17, 15) is 9.59 Å². The van der Waals surface area contributed by atoms with Crippen LogP contribution in [0.25, 0.3) is 0 Å². The van der Waals surface area contributed by atoms with Crippen LogP contribution in [0.4, 0.5) is 0 Å². The maximum absolute atomic E-state index is 11.1. The van der Waals surface area contributed by atoms with Crippen LogP contribution in [0.2, 0.25) is 0 Å². The Morgan fingerprint density at radius 3 is 2.57 bits per heavy atom. The third-order valence-electron chi connectivity index (χ3n) is 1.76. The van der Waals surface area contributed by atoms with Gasteiger partial charge in [-0.3, -0.25) is 20.4 Å². The van der Waals surface area contributed by atoms with E-state index >= 15 is 0 Å². The van der Waals surface area contributed by atoms with E-state index in [2.05, 4.69) is 10.9 Å². The summed E-state index contributed by atoms with van der Waals surface area (Å²) < 4.78 is 0. The van der Waals surface area contributed by atoms with Gasteiger partial charge in [0.25, 0.3) is 0 Å². The molecule has 0 aromatic heterocycles. The molecule has 0 heterocycles. The molecule has 0 aliphatic rings. The number of hydrazine groups is 1. The summed E-state index contributed by atoms with van der Waals surface area (Å²) in [6.07, 6.45) is 0.689. The van der Waals surface area contributed by atoms with E-state index in [-0.39, 0.29) is 12.3 Å². The molecule has 0 radical (unpaired) electrons. The highest BCUT2D eigenvalue weighted by Gasteiger charge is 2.01. The Morgan fingerprint density at radius 2 is 2.00 bits per heavy atom. The van der Waals surface area contributed by atoms with Gasteiger partial charge in [-0.15, -0.1) is 0 Å². The highest BCUT2D eigenvalue weighted by atomic mass is 16.2. The van der Waals surface area contributed by atoms with Crippen molar-refractivity contribution in [3.8, 4) is 0 Å². The SMILES string of the molecule is Cc1ccc(CC(=O)NNC=O)cc1. The summed E-state index contributed by atoms with van der Waals surface area (Å²) in [5.41, 5.74) is 6.41. The average molecular weight is 192 g/mol. The van der Waals surface area contributed by atoms with Crippen molar-refractivity contribution >= 4 is 12.3 Å². The number of aryl methyl sites for hydroxylation is 1. The van der Waals surface area contributed by atoms with Gasteiger partial charge in [-0.25, -0.2) is 0 Å². The largest absolute Gasteiger partial charge is 0.277 e. The zero-order valence-electron chi connectivity index (χ0n) is 7.91. The third-order valence-corrected chi connectivity index (χ3v) is 1.76. The van der Waals surface area contributed by atoms with Gasteiger partial charge < -0.3 is 0 Å². The molecule has 14 heavy (non-hydrogen) atoms. The number of nitrogens with one attached hydrogen (secondary N) is 2. The van der Waals surface area contributed by atoms with Crippen LogP contribution in [0.1, 0.15) is 11.1 Å². The smallest absolute Gasteiger partial charge is 0.242 e. The second-order valence-corrected chi connectivity index (χ2v) is 2.97. The molecule has 2 N–H and O–H groups in total. The lowest BCUT2D eigenvalue weighted by molar-refractivity contribution is -0.124. The molecular formula is C10H12N2O2. The third kappa shape index (κ3) is 3.26. The predicted molar refractivity (Wildman–Crippen MR) is 52.2 cm³/mol. The Balaban J connectivity index is 2.47. The molecule has 0 fully saturated rings. The highest BCUT2D eigenvalue weighted by Crippen LogP contribution is 2.03. The summed E-state index contributed by atoms with van der Waals surface area (Å²) in [6.45, 7) is 1.98. The molecule has 0 aliphatic carbocycles. The first-order valence-electron chi connectivity index (χ1n) is 4.26. The van der Waals surface area contributed by atoms with Gasteiger partial charge in [0.1, 0.15) is 0 Å². The Labute approximate surface area is 82.3 Å². The zero-order valence-corrected chi connectivity index (χ0v) is 7.91. The number of hydrogen-bond acceptors (Lipinski definition) is 2. The molecule has 74 valence electrons. The molecule has 1 aromatic rings. The second kappa shape index (κ2) is 5.01. The number of amides is 2. The Bertz CT molecular complexity index is 319. The van der Waals surface area contributed by atoms with Gasteiger partial charge in [0.2, 0.25) is 12.3 Å². The van der Waals surface area contributed by atoms with Crippen LogP contribution < -0.4 is 10.9 Å². The Kier molecular flexibility index (Phi) is 3.67. The Hall–Kier alpha value is -1.84. The topological polar surface area (TPSA) is 58.2 Å². The van der Waals surface area contributed by atoms with E-state index in [1.807, 2.05) is 31.2 Å². The van der Waals surface area contributed by atoms with Gasteiger partial charge >= 0.3 is 0 Å². The fraction of sp³-hybridized carbons (Fsp3) is 0.200. The monoisotopic (exact) mass is 192 g/mol. The van der Waals surface area contributed by atoms with Gasteiger partial charge in [0.05, 0.1) is 6.42 Å². The number of rotatable bonds is 4. The number of carbonyl (C=O) groups is 2. The summed E-state index contributed by atoms with van der Waals surface area (Å²) >= 11 is 0. The number of carbonyl (C=O) groups excluding carboxylic acids is 2.